The zero-order valence-corrected chi connectivity index (χ0v) is 18.2. The molecular formula is C19H21ClN4O2S2. The molecule has 3 aromatic rings. The third-order valence-corrected chi connectivity index (χ3v) is 5.06. The van der Waals surface area contributed by atoms with Gasteiger partial charge >= 0.3 is 0 Å². The zero-order valence-electron chi connectivity index (χ0n) is 15.8. The Labute approximate surface area is 177 Å². The van der Waals surface area contributed by atoms with E-state index < -0.39 is 0 Å². The highest BCUT2D eigenvalue weighted by Gasteiger charge is 2.14. The van der Waals surface area contributed by atoms with Gasteiger partial charge in [-0.2, -0.15) is 14.9 Å². The lowest BCUT2D eigenvalue weighted by atomic mass is 10.2. The lowest BCUT2D eigenvalue weighted by Gasteiger charge is -2.16. The fraction of sp³-hybridized carbons (Fsp3) is 0.316. The van der Waals surface area contributed by atoms with Gasteiger partial charge in [0.15, 0.2) is 17.3 Å². The van der Waals surface area contributed by atoms with Gasteiger partial charge in [0.05, 0.1) is 23.9 Å². The first kappa shape index (κ1) is 20.6. The number of nitrogens with zero attached hydrogens (tertiary/aromatic N) is 3. The van der Waals surface area contributed by atoms with E-state index in [4.69, 9.17) is 33.3 Å². The number of H-pyrrole nitrogens is 1. The van der Waals surface area contributed by atoms with E-state index in [1.54, 1.807) is 28.3 Å². The molecule has 0 aliphatic heterocycles. The van der Waals surface area contributed by atoms with Crippen LogP contribution in [0.25, 0.3) is 0 Å². The molecule has 0 saturated carbocycles. The van der Waals surface area contributed by atoms with E-state index in [-0.39, 0.29) is 6.10 Å². The van der Waals surface area contributed by atoms with Crippen molar-refractivity contribution in [2.24, 2.45) is 5.10 Å². The molecule has 9 heteroatoms. The van der Waals surface area contributed by atoms with Gasteiger partial charge in [0.1, 0.15) is 0 Å². The van der Waals surface area contributed by atoms with Crippen LogP contribution in [0.3, 0.4) is 0 Å². The zero-order chi connectivity index (χ0) is 20.1. The number of hydrogen-bond acceptors (Lipinski definition) is 6. The van der Waals surface area contributed by atoms with Gasteiger partial charge < -0.3 is 9.47 Å². The fourth-order valence-electron chi connectivity index (χ4n) is 2.53. The van der Waals surface area contributed by atoms with Crippen LogP contribution in [0.1, 0.15) is 37.0 Å². The summed E-state index contributed by atoms with van der Waals surface area (Å²) in [6, 6.07) is 7.69. The number of halogens is 1. The van der Waals surface area contributed by atoms with E-state index in [9.17, 15) is 0 Å². The average Bonchev–Trinajstić information content (AvgIpc) is 3.27. The SMILES string of the molecule is CCOc1cc(/C=N\n2c(Cc3cccs3)n[nH]c2=S)cc(Cl)c1OC(C)C. The van der Waals surface area contributed by atoms with Crippen LogP contribution in [0.15, 0.2) is 34.7 Å². The molecule has 0 atom stereocenters. The van der Waals surface area contributed by atoms with Crippen molar-refractivity contribution in [3.05, 3.63) is 55.7 Å². The standard InChI is InChI=1S/C19H21ClN4O2S2/c1-4-25-16-9-13(8-15(20)18(16)26-12(2)3)11-21-24-17(22-23-19(24)27)10-14-6-5-7-28-14/h5-9,11-12H,4,10H2,1-3H3,(H,23,27)/b21-11-. The van der Waals surface area contributed by atoms with Crippen molar-refractivity contribution in [2.75, 3.05) is 6.61 Å². The Balaban J connectivity index is 1.90. The van der Waals surface area contributed by atoms with Crippen molar-refractivity contribution >= 4 is 41.4 Å². The van der Waals surface area contributed by atoms with Crippen molar-refractivity contribution in [2.45, 2.75) is 33.3 Å². The molecule has 2 heterocycles. The summed E-state index contributed by atoms with van der Waals surface area (Å²) in [5.41, 5.74) is 0.773. The molecule has 0 radical (unpaired) electrons. The minimum Gasteiger partial charge on any atom is -0.490 e. The van der Waals surface area contributed by atoms with E-state index in [1.807, 2.05) is 38.3 Å². The van der Waals surface area contributed by atoms with Gasteiger partial charge in [-0.1, -0.05) is 17.7 Å². The first-order valence-corrected chi connectivity index (χ1v) is 10.5. The van der Waals surface area contributed by atoms with Crippen LogP contribution in [-0.4, -0.2) is 33.8 Å². The molecule has 0 bridgehead atoms. The summed E-state index contributed by atoms with van der Waals surface area (Å²) < 4.78 is 13.5. The van der Waals surface area contributed by atoms with Crippen LogP contribution in [-0.2, 0) is 6.42 Å². The van der Waals surface area contributed by atoms with Gasteiger partial charge in [-0.3, -0.25) is 5.10 Å². The molecule has 0 fully saturated rings. The number of aromatic nitrogens is 3. The number of thiophene rings is 1. The maximum Gasteiger partial charge on any atom is 0.216 e. The summed E-state index contributed by atoms with van der Waals surface area (Å²) in [5, 5.41) is 14.1. The molecule has 1 aromatic carbocycles. The lowest BCUT2D eigenvalue weighted by molar-refractivity contribution is 0.224. The largest absolute Gasteiger partial charge is 0.490 e. The smallest absolute Gasteiger partial charge is 0.216 e. The highest BCUT2D eigenvalue weighted by atomic mass is 35.5. The second-order valence-electron chi connectivity index (χ2n) is 6.19. The molecule has 1 N–H and O–H groups in total. The normalized spacial score (nSPS) is 11.5. The molecule has 148 valence electrons. The van der Waals surface area contributed by atoms with E-state index in [1.165, 1.54) is 4.88 Å². The third-order valence-electron chi connectivity index (χ3n) is 3.64. The van der Waals surface area contributed by atoms with Gasteiger partial charge in [-0.15, -0.1) is 11.3 Å². The number of aromatic amines is 1. The Morgan fingerprint density at radius 2 is 2.25 bits per heavy atom. The van der Waals surface area contributed by atoms with Crippen LogP contribution in [0.4, 0.5) is 0 Å². The molecule has 3 rings (SSSR count). The predicted octanol–water partition coefficient (Wildman–Crippen LogP) is 5.31. The third kappa shape index (κ3) is 5.01. The monoisotopic (exact) mass is 436 g/mol. The summed E-state index contributed by atoms with van der Waals surface area (Å²) in [6.07, 6.45) is 2.31. The Hall–Kier alpha value is -2.16. The Bertz CT molecular complexity index is 1010. The summed E-state index contributed by atoms with van der Waals surface area (Å²) in [7, 11) is 0. The van der Waals surface area contributed by atoms with Crippen molar-refractivity contribution in [1.82, 2.24) is 14.9 Å². The van der Waals surface area contributed by atoms with Crippen LogP contribution in [0.5, 0.6) is 11.5 Å². The van der Waals surface area contributed by atoms with Gasteiger partial charge in [0, 0.05) is 11.3 Å². The number of hydrogen-bond donors (Lipinski definition) is 1. The second kappa shape index (κ2) is 9.36. The predicted molar refractivity (Wildman–Crippen MR) is 116 cm³/mol. The Morgan fingerprint density at radius 3 is 2.93 bits per heavy atom. The molecule has 0 aliphatic rings. The molecule has 2 aromatic heterocycles. The first-order chi connectivity index (χ1) is 13.5. The fourth-order valence-corrected chi connectivity index (χ4v) is 3.69. The summed E-state index contributed by atoms with van der Waals surface area (Å²) in [5.74, 6) is 1.85. The number of nitrogens with one attached hydrogen (secondary N) is 1. The first-order valence-electron chi connectivity index (χ1n) is 8.84. The Kier molecular flexibility index (Phi) is 6.88. The average molecular weight is 437 g/mol. The van der Waals surface area contributed by atoms with Crippen LogP contribution in [0.2, 0.25) is 5.02 Å². The second-order valence-corrected chi connectivity index (χ2v) is 8.01. The van der Waals surface area contributed by atoms with Gasteiger partial charge in [-0.25, -0.2) is 0 Å². The van der Waals surface area contributed by atoms with Crippen molar-refractivity contribution < 1.29 is 9.47 Å². The molecule has 28 heavy (non-hydrogen) atoms. The van der Waals surface area contributed by atoms with Gasteiger partial charge in [-0.05, 0) is 62.1 Å². The van der Waals surface area contributed by atoms with E-state index >= 15 is 0 Å². The number of benzene rings is 1. The Morgan fingerprint density at radius 1 is 1.43 bits per heavy atom. The highest BCUT2D eigenvalue weighted by molar-refractivity contribution is 7.71. The molecule has 0 aliphatic carbocycles. The van der Waals surface area contributed by atoms with Crippen molar-refractivity contribution in [3.63, 3.8) is 0 Å². The highest BCUT2D eigenvalue weighted by Crippen LogP contribution is 2.37. The van der Waals surface area contributed by atoms with Crippen LogP contribution >= 0.6 is 35.2 Å². The maximum atomic E-state index is 6.42. The molecule has 0 spiro atoms. The maximum absolute atomic E-state index is 6.42. The quantitative estimate of drug-likeness (QED) is 0.383. The molecule has 0 amide bonds. The van der Waals surface area contributed by atoms with Crippen molar-refractivity contribution in [3.8, 4) is 11.5 Å². The van der Waals surface area contributed by atoms with E-state index in [0.29, 0.717) is 34.3 Å². The molecule has 6 nitrogen and oxygen atoms in total. The van der Waals surface area contributed by atoms with Crippen molar-refractivity contribution in [1.29, 1.82) is 0 Å². The number of ether oxygens (including phenoxy) is 2. The summed E-state index contributed by atoms with van der Waals surface area (Å²) in [6.45, 7) is 6.30. The summed E-state index contributed by atoms with van der Waals surface area (Å²) >= 11 is 13.4. The van der Waals surface area contributed by atoms with Gasteiger partial charge in [0.2, 0.25) is 4.77 Å². The molecule has 0 saturated heterocycles. The topological polar surface area (TPSA) is 64.4 Å². The molecule has 0 unspecified atom stereocenters. The molecular weight excluding hydrogens is 416 g/mol. The van der Waals surface area contributed by atoms with Crippen LogP contribution in [0, 0.1) is 4.77 Å². The minimum absolute atomic E-state index is 0.0136. The summed E-state index contributed by atoms with van der Waals surface area (Å²) in [4.78, 5) is 1.18. The number of rotatable bonds is 8. The van der Waals surface area contributed by atoms with Gasteiger partial charge in [0.25, 0.3) is 0 Å². The minimum atomic E-state index is -0.0136. The van der Waals surface area contributed by atoms with E-state index in [2.05, 4.69) is 21.4 Å². The lowest BCUT2D eigenvalue weighted by Crippen LogP contribution is -2.08. The van der Waals surface area contributed by atoms with Crippen LogP contribution < -0.4 is 9.47 Å². The van der Waals surface area contributed by atoms with E-state index in [0.717, 1.165) is 11.4 Å².